The van der Waals surface area contributed by atoms with Gasteiger partial charge in [0.05, 0.1) is 12.5 Å². The summed E-state index contributed by atoms with van der Waals surface area (Å²) in [7, 11) is 1.33. The van der Waals surface area contributed by atoms with Crippen LogP contribution in [-0.2, 0) is 15.0 Å². The lowest BCUT2D eigenvalue weighted by Gasteiger charge is -2.43. The monoisotopic (exact) mass is 502 g/mol. The number of urea groups is 1. The smallest absolute Gasteiger partial charge is 0.388 e. The van der Waals surface area contributed by atoms with Crippen LogP contribution in [0, 0.1) is 0 Å². The Morgan fingerprint density at radius 2 is 1.78 bits per heavy atom. The lowest BCUT2D eigenvalue weighted by atomic mass is 9.62. The number of carbonyl (C=O) groups excluding carboxylic acids is 3. The van der Waals surface area contributed by atoms with Crippen molar-refractivity contribution in [2.24, 2.45) is 0 Å². The Labute approximate surface area is 206 Å². The highest BCUT2D eigenvalue weighted by atomic mass is 19.3. The normalized spacial score (nSPS) is 23.5. The van der Waals surface area contributed by atoms with Gasteiger partial charge in [-0.15, -0.1) is 0 Å². The fraction of sp³-hybridized carbons (Fsp3) is 0.440. The lowest BCUT2D eigenvalue weighted by Crippen LogP contribution is -2.55. The Morgan fingerprint density at radius 1 is 1.08 bits per heavy atom. The Balaban J connectivity index is 1.74. The number of aromatic nitrogens is 1. The molecule has 2 aromatic rings. The van der Waals surface area contributed by atoms with E-state index in [0.29, 0.717) is 0 Å². The van der Waals surface area contributed by atoms with E-state index in [-0.39, 0.29) is 43.2 Å². The van der Waals surface area contributed by atoms with Crippen LogP contribution in [0.25, 0.3) is 0 Å². The average Bonchev–Trinajstić information content (AvgIpc) is 3.12. The van der Waals surface area contributed by atoms with Crippen molar-refractivity contribution >= 4 is 23.5 Å². The standard InChI is InChI=1S/C25H28F2N4O5/c1-14(2)15-6-4-5-7-16(15)24(10-12-25(13-11-24)21(33)30-23(34)31-25)20(32)28-17-8-9-18(35-3)29-19(17)36-22(26)27/h4-9,14,22H,10-13H2,1-3H3,(H,28,32)(H2,30,31,33,34). The molecule has 2 heterocycles. The van der Waals surface area contributed by atoms with Gasteiger partial charge in [-0.25, -0.2) is 4.79 Å². The van der Waals surface area contributed by atoms with Gasteiger partial charge in [-0.1, -0.05) is 38.1 Å². The minimum atomic E-state index is -3.16. The molecule has 1 saturated heterocycles. The van der Waals surface area contributed by atoms with Gasteiger partial charge in [-0.2, -0.15) is 13.8 Å². The first-order chi connectivity index (χ1) is 17.1. The van der Waals surface area contributed by atoms with Crippen molar-refractivity contribution in [1.82, 2.24) is 15.6 Å². The fourth-order valence-electron chi connectivity index (χ4n) is 5.09. The molecule has 4 rings (SSSR count). The molecule has 1 aromatic heterocycles. The number of benzene rings is 1. The van der Waals surface area contributed by atoms with E-state index in [2.05, 4.69) is 25.7 Å². The van der Waals surface area contributed by atoms with Crippen molar-refractivity contribution < 1.29 is 32.6 Å². The molecule has 36 heavy (non-hydrogen) atoms. The van der Waals surface area contributed by atoms with Gasteiger partial charge >= 0.3 is 12.6 Å². The Kier molecular flexibility index (Phi) is 6.83. The molecule has 4 amide bonds. The summed E-state index contributed by atoms with van der Waals surface area (Å²) in [4.78, 5) is 42.3. The second kappa shape index (κ2) is 9.71. The highest BCUT2D eigenvalue weighted by Crippen LogP contribution is 2.47. The van der Waals surface area contributed by atoms with E-state index in [9.17, 15) is 23.2 Å². The fourth-order valence-corrected chi connectivity index (χ4v) is 5.09. The summed E-state index contributed by atoms with van der Waals surface area (Å²) < 4.78 is 35.7. The molecule has 0 unspecified atom stereocenters. The Hall–Kier alpha value is -3.76. The average molecular weight is 503 g/mol. The maximum absolute atomic E-state index is 14.0. The van der Waals surface area contributed by atoms with Gasteiger partial charge in [0.25, 0.3) is 5.91 Å². The van der Waals surface area contributed by atoms with Crippen LogP contribution in [-0.4, -0.2) is 42.1 Å². The van der Waals surface area contributed by atoms with Crippen molar-refractivity contribution in [1.29, 1.82) is 0 Å². The van der Waals surface area contributed by atoms with E-state index >= 15 is 0 Å². The molecule has 0 bridgehead atoms. The second-order valence-corrected chi connectivity index (χ2v) is 9.35. The van der Waals surface area contributed by atoms with Gasteiger partial charge in [0.1, 0.15) is 11.2 Å². The molecule has 0 atom stereocenters. The SMILES string of the molecule is COc1ccc(NC(=O)C2(c3ccccc3C(C)C)CCC3(CC2)NC(=O)NC3=O)c(OC(F)F)n1. The topological polar surface area (TPSA) is 119 Å². The van der Waals surface area contributed by atoms with Gasteiger partial charge in [0.15, 0.2) is 0 Å². The largest absolute Gasteiger partial charge is 0.481 e. The van der Waals surface area contributed by atoms with Crippen LogP contribution in [0.5, 0.6) is 11.8 Å². The predicted octanol–water partition coefficient (Wildman–Crippen LogP) is 3.84. The van der Waals surface area contributed by atoms with Crippen LogP contribution in [0.1, 0.15) is 56.6 Å². The number of rotatable bonds is 7. The number of alkyl halides is 2. The molecule has 1 spiro atoms. The van der Waals surface area contributed by atoms with E-state index in [1.807, 2.05) is 38.1 Å². The molecular formula is C25H28F2N4O5. The Bertz CT molecular complexity index is 1180. The maximum atomic E-state index is 14.0. The summed E-state index contributed by atoms with van der Waals surface area (Å²) in [6.07, 6.45) is 0.938. The molecule has 9 nitrogen and oxygen atoms in total. The first kappa shape index (κ1) is 25.3. The van der Waals surface area contributed by atoms with Gasteiger partial charge in [0, 0.05) is 6.07 Å². The number of hydrogen-bond acceptors (Lipinski definition) is 6. The zero-order valence-corrected chi connectivity index (χ0v) is 20.2. The molecule has 0 radical (unpaired) electrons. The zero-order chi connectivity index (χ0) is 26.1. The zero-order valence-electron chi connectivity index (χ0n) is 20.2. The van der Waals surface area contributed by atoms with Crippen molar-refractivity contribution in [2.75, 3.05) is 12.4 Å². The predicted molar refractivity (Wildman–Crippen MR) is 126 cm³/mol. The molecule has 1 aliphatic heterocycles. The molecule has 192 valence electrons. The Morgan fingerprint density at radius 3 is 2.36 bits per heavy atom. The van der Waals surface area contributed by atoms with Gasteiger partial charge < -0.3 is 20.1 Å². The first-order valence-corrected chi connectivity index (χ1v) is 11.6. The molecule has 2 aliphatic rings. The molecule has 11 heteroatoms. The van der Waals surface area contributed by atoms with E-state index in [1.54, 1.807) is 0 Å². The van der Waals surface area contributed by atoms with Crippen LogP contribution >= 0.6 is 0 Å². The number of methoxy groups -OCH3 is 1. The molecule has 1 aromatic carbocycles. The number of ether oxygens (including phenoxy) is 2. The van der Waals surface area contributed by atoms with E-state index < -0.39 is 41.3 Å². The van der Waals surface area contributed by atoms with Crippen LogP contribution in [0.2, 0.25) is 0 Å². The van der Waals surface area contributed by atoms with Crippen LogP contribution in [0.3, 0.4) is 0 Å². The van der Waals surface area contributed by atoms with Gasteiger partial charge in [0.2, 0.25) is 17.7 Å². The highest BCUT2D eigenvalue weighted by Gasteiger charge is 2.55. The first-order valence-electron chi connectivity index (χ1n) is 11.6. The van der Waals surface area contributed by atoms with E-state index in [1.165, 1.54) is 19.2 Å². The van der Waals surface area contributed by atoms with Crippen LogP contribution in [0.15, 0.2) is 36.4 Å². The lowest BCUT2D eigenvalue weighted by molar-refractivity contribution is -0.129. The third-order valence-electron chi connectivity index (χ3n) is 7.00. The molecular weight excluding hydrogens is 474 g/mol. The third kappa shape index (κ3) is 4.57. The number of nitrogens with one attached hydrogen (secondary N) is 3. The molecule has 2 fully saturated rings. The van der Waals surface area contributed by atoms with E-state index in [4.69, 9.17) is 4.74 Å². The number of halogens is 2. The molecule has 1 saturated carbocycles. The molecule has 1 aliphatic carbocycles. The number of amides is 4. The van der Waals surface area contributed by atoms with Crippen LogP contribution < -0.4 is 25.4 Å². The summed E-state index contributed by atoms with van der Waals surface area (Å²) >= 11 is 0. The summed E-state index contributed by atoms with van der Waals surface area (Å²) in [5.41, 5.74) is -0.467. The van der Waals surface area contributed by atoms with Crippen molar-refractivity contribution in [3.05, 3.63) is 47.5 Å². The minimum absolute atomic E-state index is 0.0327. The second-order valence-electron chi connectivity index (χ2n) is 9.35. The van der Waals surface area contributed by atoms with Gasteiger partial charge in [-0.3, -0.25) is 14.9 Å². The number of nitrogens with zero attached hydrogens (tertiary/aromatic N) is 1. The van der Waals surface area contributed by atoms with Crippen molar-refractivity contribution in [3.8, 4) is 11.8 Å². The van der Waals surface area contributed by atoms with Gasteiger partial charge in [-0.05, 0) is 48.8 Å². The number of imide groups is 1. The minimum Gasteiger partial charge on any atom is -0.481 e. The number of anilines is 1. The van der Waals surface area contributed by atoms with Crippen molar-refractivity contribution in [2.45, 2.75) is 63.0 Å². The summed E-state index contributed by atoms with van der Waals surface area (Å²) in [5, 5.41) is 7.74. The number of pyridine rings is 1. The van der Waals surface area contributed by atoms with Crippen molar-refractivity contribution in [3.63, 3.8) is 0 Å². The number of hydrogen-bond donors (Lipinski definition) is 3. The quantitative estimate of drug-likeness (QED) is 0.495. The number of carbonyl (C=O) groups is 3. The van der Waals surface area contributed by atoms with E-state index in [0.717, 1.165) is 11.1 Å². The molecule has 3 N–H and O–H groups in total. The van der Waals surface area contributed by atoms with Crippen LogP contribution in [0.4, 0.5) is 19.3 Å². The highest BCUT2D eigenvalue weighted by molar-refractivity contribution is 6.07. The third-order valence-corrected chi connectivity index (χ3v) is 7.00. The summed E-state index contributed by atoms with van der Waals surface area (Å²) in [6.45, 7) is 0.873. The maximum Gasteiger partial charge on any atom is 0.388 e. The summed E-state index contributed by atoms with van der Waals surface area (Å²) in [5.74, 6) is -1.19. The summed E-state index contributed by atoms with van der Waals surface area (Å²) in [6, 6.07) is 9.81.